The van der Waals surface area contributed by atoms with Crippen molar-refractivity contribution in [1.82, 2.24) is 5.32 Å². The molecule has 0 aromatic rings. The Morgan fingerprint density at radius 3 is 3.00 bits per heavy atom. The fourth-order valence-corrected chi connectivity index (χ4v) is 3.31. The number of hydrogen-bond acceptors (Lipinski definition) is 2. The quantitative estimate of drug-likeness (QED) is 0.626. The summed E-state index contributed by atoms with van der Waals surface area (Å²) in [6, 6.07) is 0.381. The van der Waals surface area contributed by atoms with Gasteiger partial charge in [0.25, 0.3) is 0 Å². The lowest BCUT2D eigenvalue weighted by molar-refractivity contribution is -0.125. The zero-order chi connectivity index (χ0) is 12.1. The van der Waals surface area contributed by atoms with E-state index in [0.29, 0.717) is 18.1 Å². The number of carbonyl (C=O) groups excluding carboxylic acids is 1. The van der Waals surface area contributed by atoms with Crippen molar-refractivity contribution in [3.8, 4) is 0 Å². The molecular weight excluding hydrogens is 282 g/mol. The highest BCUT2D eigenvalue weighted by Gasteiger charge is 2.34. The minimum absolute atomic E-state index is 0.228. The Bertz CT molecular complexity index is 260. The largest absolute Gasteiger partial charge is 0.378 e. The van der Waals surface area contributed by atoms with Crippen LogP contribution in [0.15, 0.2) is 0 Å². The number of unbranched alkanes of at least 4 members (excludes halogenated alkanes) is 1. The summed E-state index contributed by atoms with van der Waals surface area (Å²) in [6.45, 7) is 0.863. The molecule has 2 fully saturated rings. The molecule has 1 amide bonds. The molecule has 0 radical (unpaired) electrons. The average molecular weight is 304 g/mol. The van der Waals surface area contributed by atoms with E-state index in [0.717, 1.165) is 37.6 Å². The second-order valence-corrected chi connectivity index (χ2v) is 5.97. The number of ether oxygens (including phenoxy) is 1. The van der Waals surface area contributed by atoms with Crippen molar-refractivity contribution in [2.75, 3.05) is 11.9 Å². The fraction of sp³-hybridized carbons (Fsp3) is 0.923. The normalized spacial score (nSPS) is 33.0. The number of halogens is 1. The van der Waals surface area contributed by atoms with Crippen LogP contribution >= 0.6 is 15.9 Å². The number of amides is 1. The summed E-state index contributed by atoms with van der Waals surface area (Å²) >= 11 is 3.42. The maximum absolute atomic E-state index is 11.4. The van der Waals surface area contributed by atoms with E-state index in [2.05, 4.69) is 21.2 Å². The molecule has 3 nitrogen and oxygen atoms in total. The molecule has 1 heterocycles. The Morgan fingerprint density at radius 2 is 2.18 bits per heavy atom. The van der Waals surface area contributed by atoms with Crippen LogP contribution < -0.4 is 5.32 Å². The molecule has 0 bridgehead atoms. The first-order valence-corrected chi connectivity index (χ1v) is 7.88. The number of rotatable bonds is 5. The zero-order valence-electron chi connectivity index (χ0n) is 10.3. The maximum atomic E-state index is 11.4. The molecule has 2 rings (SSSR count). The minimum atomic E-state index is 0.228. The predicted molar refractivity (Wildman–Crippen MR) is 71.3 cm³/mol. The third kappa shape index (κ3) is 3.95. The van der Waals surface area contributed by atoms with Crippen LogP contribution in [-0.2, 0) is 9.53 Å². The van der Waals surface area contributed by atoms with Crippen LogP contribution in [0.4, 0.5) is 0 Å². The lowest BCUT2D eigenvalue weighted by Crippen LogP contribution is -2.49. The first kappa shape index (κ1) is 13.3. The van der Waals surface area contributed by atoms with Gasteiger partial charge in [-0.05, 0) is 44.4 Å². The van der Waals surface area contributed by atoms with E-state index in [4.69, 9.17) is 4.74 Å². The predicted octanol–water partition coefficient (Wildman–Crippen LogP) is 2.63. The van der Waals surface area contributed by atoms with E-state index in [1.54, 1.807) is 0 Å². The number of carbonyl (C=O) groups is 1. The van der Waals surface area contributed by atoms with Crippen molar-refractivity contribution in [3.63, 3.8) is 0 Å². The maximum Gasteiger partial charge on any atom is 0.220 e. The van der Waals surface area contributed by atoms with E-state index < -0.39 is 0 Å². The first-order valence-electron chi connectivity index (χ1n) is 6.76. The van der Waals surface area contributed by atoms with E-state index in [1.807, 2.05) is 0 Å². The van der Waals surface area contributed by atoms with Crippen molar-refractivity contribution in [2.45, 2.75) is 57.1 Å². The lowest BCUT2D eigenvalue weighted by Gasteiger charge is -2.39. The fourth-order valence-electron chi connectivity index (χ4n) is 2.91. The Balaban J connectivity index is 1.70. The van der Waals surface area contributed by atoms with Crippen molar-refractivity contribution >= 4 is 21.8 Å². The summed E-state index contributed by atoms with van der Waals surface area (Å²) in [7, 11) is 0. The molecular formula is C13H22BrNO2. The average Bonchev–Trinajstić information content (AvgIpc) is 2.34. The zero-order valence-corrected chi connectivity index (χ0v) is 11.9. The molecule has 0 aromatic heterocycles. The van der Waals surface area contributed by atoms with Gasteiger partial charge in [0.05, 0.1) is 6.10 Å². The Kier molecular flexibility index (Phi) is 5.29. The molecule has 0 aromatic carbocycles. The highest BCUT2D eigenvalue weighted by Crippen LogP contribution is 2.32. The van der Waals surface area contributed by atoms with Crippen LogP contribution in [-0.4, -0.2) is 30.0 Å². The standard InChI is InChI=1S/C13H22BrNO2/c14-7-1-2-8-17-11-5-3-10-4-6-13(16)15-12(10)9-11/h10-12H,1-9H2,(H,15,16)/t10-,11-,12+/m0/s1. The third-order valence-electron chi connectivity index (χ3n) is 3.92. The highest BCUT2D eigenvalue weighted by molar-refractivity contribution is 9.09. The Labute approximate surface area is 112 Å². The Hall–Kier alpha value is -0.0900. The molecule has 1 aliphatic carbocycles. The van der Waals surface area contributed by atoms with Crippen LogP contribution in [0.2, 0.25) is 0 Å². The van der Waals surface area contributed by atoms with Crippen LogP contribution in [0.25, 0.3) is 0 Å². The molecule has 1 aliphatic heterocycles. The summed E-state index contributed by atoms with van der Waals surface area (Å²) in [5, 5.41) is 4.18. The van der Waals surface area contributed by atoms with Crippen molar-refractivity contribution in [3.05, 3.63) is 0 Å². The van der Waals surface area contributed by atoms with E-state index in [-0.39, 0.29) is 5.91 Å². The molecule has 17 heavy (non-hydrogen) atoms. The summed E-state index contributed by atoms with van der Waals surface area (Å²) < 4.78 is 5.90. The molecule has 1 saturated carbocycles. The molecule has 98 valence electrons. The first-order chi connectivity index (χ1) is 8.29. The molecule has 0 spiro atoms. The topological polar surface area (TPSA) is 38.3 Å². The smallest absolute Gasteiger partial charge is 0.220 e. The van der Waals surface area contributed by atoms with Crippen LogP contribution in [0.3, 0.4) is 0 Å². The van der Waals surface area contributed by atoms with Gasteiger partial charge in [-0.2, -0.15) is 0 Å². The van der Waals surface area contributed by atoms with Gasteiger partial charge in [-0.3, -0.25) is 4.79 Å². The third-order valence-corrected chi connectivity index (χ3v) is 4.48. The van der Waals surface area contributed by atoms with Gasteiger partial charge >= 0.3 is 0 Å². The monoisotopic (exact) mass is 303 g/mol. The number of hydrogen-bond donors (Lipinski definition) is 1. The number of piperidine rings is 1. The number of fused-ring (bicyclic) bond motifs is 1. The summed E-state index contributed by atoms with van der Waals surface area (Å²) in [5.74, 6) is 0.932. The molecule has 4 heteroatoms. The molecule has 3 atom stereocenters. The Morgan fingerprint density at radius 1 is 1.29 bits per heavy atom. The van der Waals surface area contributed by atoms with Gasteiger partial charge in [-0.15, -0.1) is 0 Å². The van der Waals surface area contributed by atoms with Gasteiger partial charge in [0, 0.05) is 24.4 Å². The molecule has 2 aliphatic rings. The van der Waals surface area contributed by atoms with Gasteiger partial charge in [0.15, 0.2) is 0 Å². The summed E-state index contributed by atoms with van der Waals surface area (Å²) in [5.41, 5.74) is 0. The highest BCUT2D eigenvalue weighted by atomic mass is 79.9. The van der Waals surface area contributed by atoms with Gasteiger partial charge in [-0.1, -0.05) is 15.9 Å². The molecule has 0 unspecified atom stereocenters. The SMILES string of the molecule is O=C1CC[C@@H]2CC[C@H](OCCCCBr)C[C@H]2N1. The number of nitrogens with one attached hydrogen (secondary N) is 1. The van der Waals surface area contributed by atoms with Crippen LogP contribution in [0.5, 0.6) is 0 Å². The van der Waals surface area contributed by atoms with Crippen molar-refractivity contribution < 1.29 is 9.53 Å². The van der Waals surface area contributed by atoms with Gasteiger partial charge in [0.1, 0.15) is 0 Å². The van der Waals surface area contributed by atoms with Crippen molar-refractivity contribution in [1.29, 1.82) is 0 Å². The van der Waals surface area contributed by atoms with Crippen molar-refractivity contribution in [2.24, 2.45) is 5.92 Å². The second-order valence-electron chi connectivity index (χ2n) is 5.17. The molecule has 1 N–H and O–H groups in total. The minimum Gasteiger partial charge on any atom is -0.378 e. The molecule has 1 saturated heterocycles. The van der Waals surface area contributed by atoms with E-state index >= 15 is 0 Å². The van der Waals surface area contributed by atoms with Gasteiger partial charge < -0.3 is 10.1 Å². The summed E-state index contributed by atoms with van der Waals surface area (Å²) in [6.07, 6.45) is 7.87. The second kappa shape index (κ2) is 6.74. The van der Waals surface area contributed by atoms with Gasteiger partial charge in [-0.25, -0.2) is 0 Å². The van der Waals surface area contributed by atoms with E-state index in [1.165, 1.54) is 19.3 Å². The summed E-state index contributed by atoms with van der Waals surface area (Å²) in [4.78, 5) is 11.4. The van der Waals surface area contributed by atoms with Crippen LogP contribution in [0.1, 0.15) is 44.9 Å². The van der Waals surface area contributed by atoms with Crippen LogP contribution in [0, 0.1) is 5.92 Å². The number of alkyl halides is 1. The van der Waals surface area contributed by atoms with Gasteiger partial charge in [0.2, 0.25) is 5.91 Å². The van der Waals surface area contributed by atoms with E-state index in [9.17, 15) is 4.79 Å². The lowest BCUT2D eigenvalue weighted by atomic mass is 9.78.